The van der Waals surface area contributed by atoms with Gasteiger partial charge in [-0.1, -0.05) is 16.9 Å². The maximum Gasteiger partial charge on any atom is 0.138 e. The molecule has 21 heavy (non-hydrogen) atoms. The number of rotatable bonds is 6. The highest BCUT2D eigenvalue weighted by Gasteiger charge is 2.44. The van der Waals surface area contributed by atoms with Gasteiger partial charge >= 0.3 is 0 Å². The molecule has 8 nitrogen and oxygen atoms in total. The number of hydrogen-bond donors (Lipinski definition) is 5. The predicted octanol–water partition coefficient (Wildman–Crippen LogP) is -1.53. The molecule has 0 saturated carbocycles. The third kappa shape index (κ3) is 5.47. The molecule has 124 valence electrons. The highest BCUT2D eigenvalue weighted by molar-refractivity contribution is 8.14. The third-order valence-corrected chi connectivity index (χ3v) is 5.08. The van der Waals surface area contributed by atoms with Crippen molar-refractivity contribution in [2.75, 3.05) is 18.6 Å². The first kappa shape index (κ1) is 18.8. The molecule has 5 N–H and O–H groups in total. The van der Waals surface area contributed by atoms with Crippen molar-refractivity contribution in [1.82, 2.24) is 0 Å². The molecule has 1 rings (SSSR count). The molecule has 1 heterocycles. The Bertz CT molecular complexity index is 380. The van der Waals surface area contributed by atoms with Crippen molar-refractivity contribution in [2.24, 2.45) is 5.16 Å². The summed E-state index contributed by atoms with van der Waals surface area (Å²) in [4.78, 5) is 0. The Morgan fingerprint density at radius 1 is 1.29 bits per heavy atom. The van der Waals surface area contributed by atoms with Crippen LogP contribution in [-0.4, -0.2) is 83.4 Å². The molecule has 0 amide bonds. The Kier molecular flexibility index (Phi) is 8.09. The molecule has 1 unspecified atom stereocenters. The zero-order chi connectivity index (χ0) is 16.0. The molecule has 1 aliphatic rings. The highest BCUT2D eigenvalue weighted by atomic mass is 32.2. The zero-order valence-corrected chi connectivity index (χ0v) is 13.2. The second-order valence-electron chi connectivity index (χ2n) is 4.69. The van der Waals surface area contributed by atoms with Gasteiger partial charge in [-0.05, 0) is 6.42 Å². The molecule has 0 aromatic carbocycles. The fraction of sp³-hybridized carbons (Fsp3) is 0.909. The van der Waals surface area contributed by atoms with Gasteiger partial charge in [0.2, 0.25) is 0 Å². The summed E-state index contributed by atoms with van der Waals surface area (Å²) in [5.41, 5.74) is -0.974. The number of nitrogens with zero attached hydrogens (tertiary/aromatic N) is 1. The minimum Gasteiger partial charge on any atom is -0.410 e. The Morgan fingerprint density at radius 2 is 1.95 bits per heavy atom. The van der Waals surface area contributed by atoms with Crippen molar-refractivity contribution < 1.29 is 34.6 Å². The van der Waals surface area contributed by atoms with Gasteiger partial charge in [-0.15, -0.1) is 0 Å². The average Bonchev–Trinajstić information content (AvgIpc) is 2.45. The molecule has 0 aromatic rings. The van der Waals surface area contributed by atoms with Crippen LogP contribution in [0.25, 0.3) is 0 Å². The summed E-state index contributed by atoms with van der Waals surface area (Å²) in [5, 5.41) is 50.5. The lowest BCUT2D eigenvalue weighted by molar-refractivity contribution is -0.205. The minimum absolute atomic E-state index is 0.254. The van der Waals surface area contributed by atoms with Crippen molar-refractivity contribution in [3.8, 4) is 0 Å². The van der Waals surface area contributed by atoms with Crippen molar-refractivity contribution >= 4 is 27.6 Å². The van der Waals surface area contributed by atoms with E-state index in [4.69, 9.17) is 15.1 Å². The van der Waals surface area contributed by atoms with Gasteiger partial charge in [-0.3, -0.25) is 4.21 Å². The number of oxime groups is 1. The first-order valence-corrected chi connectivity index (χ1v) is 8.99. The molecular weight excluding hydrogens is 322 g/mol. The molecule has 0 radical (unpaired) electrons. The van der Waals surface area contributed by atoms with Crippen LogP contribution in [0.15, 0.2) is 5.16 Å². The monoisotopic (exact) mass is 343 g/mol. The summed E-state index contributed by atoms with van der Waals surface area (Å²) in [7, 11) is -0.948. The summed E-state index contributed by atoms with van der Waals surface area (Å²) in [6.45, 7) is -0.511. The van der Waals surface area contributed by atoms with E-state index in [1.54, 1.807) is 6.26 Å². The number of ether oxygens (including phenoxy) is 1. The van der Waals surface area contributed by atoms with E-state index in [0.717, 1.165) is 11.8 Å². The van der Waals surface area contributed by atoms with E-state index in [9.17, 15) is 19.5 Å². The molecular formula is C11H21NO7S2. The fourth-order valence-electron chi connectivity index (χ4n) is 1.86. The summed E-state index contributed by atoms with van der Waals surface area (Å²) in [5.74, 6) is 0.453. The minimum atomic E-state index is -1.46. The van der Waals surface area contributed by atoms with Gasteiger partial charge in [0.25, 0.3) is 0 Å². The number of thioether (sulfide) groups is 1. The topological polar surface area (TPSA) is 140 Å². The second-order valence-corrected chi connectivity index (χ2v) is 7.42. The lowest BCUT2D eigenvalue weighted by Gasteiger charge is -2.39. The van der Waals surface area contributed by atoms with Gasteiger partial charge in [0.05, 0.1) is 6.61 Å². The summed E-state index contributed by atoms with van der Waals surface area (Å²) in [6.07, 6.45) is -2.81. The number of aliphatic hydroxyl groups excluding tert-OH is 4. The van der Waals surface area contributed by atoms with Crippen LogP contribution in [0.2, 0.25) is 0 Å². The zero-order valence-electron chi connectivity index (χ0n) is 11.5. The average molecular weight is 343 g/mol. The molecule has 1 aliphatic heterocycles. The molecule has 0 aromatic heterocycles. The van der Waals surface area contributed by atoms with Crippen molar-refractivity contribution in [3.05, 3.63) is 0 Å². The first-order valence-electron chi connectivity index (χ1n) is 6.38. The third-order valence-electron chi connectivity index (χ3n) is 3.03. The van der Waals surface area contributed by atoms with Crippen LogP contribution in [0.1, 0.15) is 12.8 Å². The molecule has 0 bridgehead atoms. The van der Waals surface area contributed by atoms with Crippen molar-refractivity contribution in [3.63, 3.8) is 0 Å². The van der Waals surface area contributed by atoms with E-state index in [2.05, 4.69) is 5.16 Å². The smallest absolute Gasteiger partial charge is 0.138 e. The quantitative estimate of drug-likeness (QED) is 0.169. The van der Waals surface area contributed by atoms with Crippen LogP contribution in [0.3, 0.4) is 0 Å². The van der Waals surface area contributed by atoms with Crippen molar-refractivity contribution in [2.45, 2.75) is 42.7 Å². The van der Waals surface area contributed by atoms with Crippen LogP contribution in [0.4, 0.5) is 0 Å². The molecule has 1 saturated heterocycles. The molecule has 0 spiro atoms. The van der Waals surface area contributed by atoms with Crippen molar-refractivity contribution in [1.29, 1.82) is 0 Å². The summed E-state index contributed by atoms with van der Waals surface area (Å²) < 4.78 is 16.3. The van der Waals surface area contributed by atoms with Crippen LogP contribution in [0.5, 0.6) is 0 Å². The summed E-state index contributed by atoms with van der Waals surface area (Å²) >= 11 is 0.897. The number of hydrogen-bond acceptors (Lipinski definition) is 9. The maximum atomic E-state index is 11.0. The van der Waals surface area contributed by atoms with Crippen LogP contribution < -0.4 is 0 Å². The van der Waals surface area contributed by atoms with E-state index < -0.39 is 47.3 Å². The fourth-order valence-corrected chi connectivity index (χ4v) is 3.49. The lowest BCUT2D eigenvalue weighted by Crippen LogP contribution is -2.57. The normalized spacial score (nSPS) is 35.7. The Labute approximate surface area is 129 Å². The summed E-state index contributed by atoms with van der Waals surface area (Å²) in [6, 6.07) is 0. The van der Waals surface area contributed by atoms with E-state index in [-0.39, 0.29) is 5.04 Å². The van der Waals surface area contributed by atoms with Crippen LogP contribution in [0, 0.1) is 0 Å². The molecule has 0 aliphatic carbocycles. The Morgan fingerprint density at radius 3 is 2.48 bits per heavy atom. The standard InChI is InChI=1S/C11H21NO7S2/c1-21(18)4-2-3-7(12-17)20-11-10(16)9(15)8(14)6(5-13)19-11/h6,8-11,13-17H,2-5H2,1H3/t6-,8-,9+,10-,11+,21?/m1/s1. The van der Waals surface area contributed by atoms with Gasteiger partial charge in [-0.25, -0.2) is 0 Å². The van der Waals surface area contributed by atoms with E-state index in [1.807, 2.05) is 0 Å². The highest BCUT2D eigenvalue weighted by Crippen LogP contribution is 2.30. The molecule has 10 heteroatoms. The van der Waals surface area contributed by atoms with Gasteiger partial charge in [0.15, 0.2) is 0 Å². The van der Waals surface area contributed by atoms with Gasteiger partial charge < -0.3 is 30.4 Å². The van der Waals surface area contributed by atoms with Gasteiger partial charge in [-0.2, -0.15) is 0 Å². The van der Waals surface area contributed by atoms with Crippen LogP contribution in [-0.2, 0) is 15.5 Å². The Balaban J connectivity index is 2.60. The first-order chi connectivity index (χ1) is 9.90. The van der Waals surface area contributed by atoms with Crippen LogP contribution >= 0.6 is 11.8 Å². The lowest BCUT2D eigenvalue weighted by atomic mass is 10.0. The number of aliphatic hydroxyl groups is 4. The maximum absolute atomic E-state index is 11.0. The molecule has 6 atom stereocenters. The predicted molar refractivity (Wildman–Crippen MR) is 78.7 cm³/mol. The van der Waals surface area contributed by atoms with Gasteiger partial charge in [0.1, 0.15) is 34.9 Å². The largest absolute Gasteiger partial charge is 0.410 e. The second kappa shape index (κ2) is 9.03. The van der Waals surface area contributed by atoms with E-state index in [1.165, 1.54) is 0 Å². The van der Waals surface area contributed by atoms with E-state index in [0.29, 0.717) is 18.6 Å². The Hall–Kier alpha value is -0.230. The van der Waals surface area contributed by atoms with E-state index >= 15 is 0 Å². The SMILES string of the molecule is CS(=O)CCCC(=NO)S[C@@H]1O[C@H](CO)[C@@H](O)[C@H](O)[C@H]1O. The molecule has 1 fully saturated rings. The van der Waals surface area contributed by atoms with Gasteiger partial charge in [0, 0.05) is 29.2 Å².